The lowest BCUT2D eigenvalue weighted by atomic mass is 10.0. The molecule has 2 aliphatic heterocycles. The van der Waals surface area contributed by atoms with Crippen molar-refractivity contribution >= 4 is 15.9 Å². The Balaban J connectivity index is 1.54. The van der Waals surface area contributed by atoms with Gasteiger partial charge in [0.05, 0.1) is 19.3 Å². The fourth-order valence-electron chi connectivity index (χ4n) is 2.93. The van der Waals surface area contributed by atoms with Crippen LogP contribution in [0.4, 0.5) is 0 Å². The Labute approximate surface area is 127 Å². The van der Waals surface area contributed by atoms with Crippen molar-refractivity contribution in [2.45, 2.75) is 24.7 Å². The lowest BCUT2D eigenvalue weighted by molar-refractivity contribution is -0.186. The van der Waals surface area contributed by atoms with Crippen LogP contribution in [-0.2, 0) is 9.47 Å². The van der Waals surface area contributed by atoms with Crippen molar-refractivity contribution in [3.63, 3.8) is 0 Å². The lowest BCUT2D eigenvalue weighted by Gasteiger charge is -2.38. The molecule has 1 spiro atoms. The Bertz CT molecular complexity index is 452. The summed E-state index contributed by atoms with van der Waals surface area (Å²) in [6.45, 7) is 3.89. The average molecular weight is 342 g/mol. The summed E-state index contributed by atoms with van der Waals surface area (Å²) in [5.74, 6) is -0.336. The Hall–Kier alpha value is -0.460. The minimum absolute atomic E-state index is 0.336. The molecule has 2 heterocycles. The summed E-state index contributed by atoms with van der Waals surface area (Å²) in [4.78, 5) is 2.28. The Kier molecular flexibility index (Phi) is 4.43. The topological polar surface area (TPSA) is 41.9 Å². The summed E-state index contributed by atoms with van der Waals surface area (Å²) in [6, 6.07) is 7.85. The van der Waals surface area contributed by atoms with E-state index in [1.165, 1.54) is 0 Å². The highest BCUT2D eigenvalue weighted by atomic mass is 79.9. The fourth-order valence-corrected chi connectivity index (χ4v) is 3.34. The molecule has 1 aromatic carbocycles. The maximum Gasteiger partial charge on any atom is 0.170 e. The average Bonchev–Trinajstić information content (AvgIpc) is 2.90. The summed E-state index contributed by atoms with van der Waals surface area (Å²) >= 11 is 3.44. The molecule has 2 aliphatic rings. The number of likely N-dealkylation sites (tertiary alicyclic amines) is 1. The van der Waals surface area contributed by atoms with Crippen LogP contribution in [0.3, 0.4) is 0 Å². The van der Waals surface area contributed by atoms with E-state index in [-0.39, 0.29) is 5.79 Å². The van der Waals surface area contributed by atoms with E-state index >= 15 is 0 Å². The summed E-state index contributed by atoms with van der Waals surface area (Å²) in [7, 11) is 0. The molecule has 0 saturated carbocycles. The number of halogens is 1. The molecule has 1 aromatic rings. The van der Waals surface area contributed by atoms with Crippen LogP contribution in [-0.4, -0.2) is 48.6 Å². The van der Waals surface area contributed by atoms with Gasteiger partial charge in [0.1, 0.15) is 0 Å². The van der Waals surface area contributed by atoms with Crippen LogP contribution >= 0.6 is 15.9 Å². The molecule has 1 atom stereocenters. The van der Waals surface area contributed by atoms with Gasteiger partial charge in [-0.3, -0.25) is 0 Å². The maximum atomic E-state index is 10.3. The van der Waals surface area contributed by atoms with Gasteiger partial charge in [-0.15, -0.1) is 0 Å². The first-order valence-electron chi connectivity index (χ1n) is 7.11. The molecule has 2 fully saturated rings. The molecular formula is C15H20BrNO3. The van der Waals surface area contributed by atoms with Gasteiger partial charge in [-0.25, -0.2) is 0 Å². The second-order valence-electron chi connectivity index (χ2n) is 5.48. The molecule has 2 saturated heterocycles. The van der Waals surface area contributed by atoms with Crippen molar-refractivity contribution in [3.8, 4) is 0 Å². The summed E-state index contributed by atoms with van der Waals surface area (Å²) in [5.41, 5.74) is 0.952. The van der Waals surface area contributed by atoms with Crippen molar-refractivity contribution < 1.29 is 14.6 Å². The predicted molar refractivity (Wildman–Crippen MR) is 79.4 cm³/mol. The Morgan fingerprint density at radius 1 is 1.25 bits per heavy atom. The zero-order valence-electron chi connectivity index (χ0n) is 11.4. The Morgan fingerprint density at radius 2 is 1.95 bits per heavy atom. The third kappa shape index (κ3) is 3.23. The van der Waals surface area contributed by atoms with Crippen LogP contribution in [0.25, 0.3) is 0 Å². The molecule has 1 unspecified atom stereocenters. The molecule has 0 radical (unpaired) electrons. The molecular weight excluding hydrogens is 322 g/mol. The molecule has 1 N–H and O–H groups in total. The van der Waals surface area contributed by atoms with E-state index in [0.29, 0.717) is 19.8 Å². The second kappa shape index (κ2) is 6.12. The van der Waals surface area contributed by atoms with Crippen LogP contribution < -0.4 is 0 Å². The van der Waals surface area contributed by atoms with Crippen molar-refractivity contribution in [2.75, 3.05) is 32.8 Å². The third-order valence-electron chi connectivity index (χ3n) is 4.10. The highest BCUT2D eigenvalue weighted by Gasteiger charge is 2.39. The van der Waals surface area contributed by atoms with Gasteiger partial charge in [0.25, 0.3) is 0 Å². The minimum Gasteiger partial charge on any atom is -0.387 e. The molecule has 4 nitrogen and oxygen atoms in total. The SMILES string of the molecule is OC(CN1CCC2(CC1)OCCO2)c1cccc(Br)c1. The maximum absolute atomic E-state index is 10.3. The molecule has 0 amide bonds. The van der Waals surface area contributed by atoms with E-state index in [4.69, 9.17) is 9.47 Å². The molecule has 0 aromatic heterocycles. The van der Waals surface area contributed by atoms with E-state index in [2.05, 4.69) is 20.8 Å². The predicted octanol–water partition coefficient (Wildman–Crippen LogP) is 2.32. The molecule has 0 aliphatic carbocycles. The van der Waals surface area contributed by atoms with Gasteiger partial charge in [0.2, 0.25) is 0 Å². The zero-order chi connectivity index (χ0) is 14.0. The van der Waals surface area contributed by atoms with E-state index in [1.807, 2.05) is 24.3 Å². The summed E-state index contributed by atoms with van der Waals surface area (Å²) in [5, 5.41) is 10.3. The smallest absolute Gasteiger partial charge is 0.170 e. The van der Waals surface area contributed by atoms with Crippen molar-refractivity contribution in [3.05, 3.63) is 34.3 Å². The normalized spacial score (nSPS) is 24.1. The standard InChI is InChI=1S/C15H20BrNO3/c16-13-3-1-2-12(10-13)14(18)11-17-6-4-15(5-7-17)19-8-9-20-15/h1-3,10,14,18H,4-9,11H2. The van der Waals surface area contributed by atoms with Crippen LogP contribution in [0.2, 0.25) is 0 Å². The van der Waals surface area contributed by atoms with Gasteiger partial charge in [0.15, 0.2) is 5.79 Å². The van der Waals surface area contributed by atoms with E-state index in [9.17, 15) is 5.11 Å². The third-order valence-corrected chi connectivity index (χ3v) is 4.59. The number of aliphatic hydroxyl groups is 1. The summed E-state index contributed by atoms with van der Waals surface area (Å²) < 4.78 is 12.4. The first-order chi connectivity index (χ1) is 9.67. The minimum atomic E-state index is -0.452. The highest BCUT2D eigenvalue weighted by molar-refractivity contribution is 9.10. The summed E-state index contributed by atoms with van der Waals surface area (Å²) in [6.07, 6.45) is 1.32. The van der Waals surface area contributed by atoms with Crippen LogP contribution in [0.1, 0.15) is 24.5 Å². The number of benzene rings is 1. The molecule has 3 rings (SSSR count). The lowest BCUT2D eigenvalue weighted by Crippen LogP contribution is -2.46. The molecule has 5 heteroatoms. The van der Waals surface area contributed by atoms with Gasteiger partial charge in [-0.2, -0.15) is 0 Å². The van der Waals surface area contributed by atoms with Gasteiger partial charge in [-0.1, -0.05) is 28.1 Å². The largest absolute Gasteiger partial charge is 0.387 e. The molecule has 0 bridgehead atoms. The fraction of sp³-hybridized carbons (Fsp3) is 0.600. The Morgan fingerprint density at radius 3 is 2.60 bits per heavy atom. The van der Waals surface area contributed by atoms with Gasteiger partial charge < -0.3 is 19.5 Å². The number of hydrogen-bond acceptors (Lipinski definition) is 4. The van der Waals surface area contributed by atoms with E-state index in [1.54, 1.807) is 0 Å². The highest BCUT2D eigenvalue weighted by Crippen LogP contribution is 2.32. The molecule has 110 valence electrons. The van der Waals surface area contributed by atoms with Gasteiger partial charge in [-0.05, 0) is 17.7 Å². The first kappa shape index (κ1) is 14.5. The number of piperidine rings is 1. The van der Waals surface area contributed by atoms with Crippen molar-refractivity contribution in [1.82, 2.24) is 4.90 Å². The number of β-amino-alcohol motifs (C(OH)–C–C–N with tert-alkyl or cyclic N) is 1. The zero-order valence-corrected chi connectivity index (χ0v) is 13.0. The first-order valence-corrected chi connectivity index (χ1v) is 7.90. The van der Waals surface area contributed by atoms with Gasteiger partial charge >= 0.3 is 0 Å². The number of rotatable bonds is 3. The number of aliphatic hydroxyl groups excluding tert-OH is 1. The molecule has 20 heavy (non-hydrogen) atoms. The number of hydrogen-bond donors (Lipinski definition) is 1. The van der Waals surface area contributed by atoms with Crippen LogP contribution in [0.15, 0.2) is 28.7 Å². The number of ether oxygens (including phenoxy) is 2. The van der Waals surface area contributed by atoms with Crippen LogP contribution in [0.5, 0.6) is 0 Å². The van der Waals surface area contributed by atoms with Crippen LogP contribution in [0, 0.1) is 0 Å². The van der Waals surface area contributed by atoms with Crippen molar-refractivity contribution in [2.24, 2.45) is 0 Å². The van der Waals surface area contributed by atoms with Crippen molar-refractivity contribution in [1.29, 1.82) is 0 Å². The quantitative estimate of drug-likeness (QED) is 0.916. The number of nitrogens with zero attached hydrogens (tertiary/aromatic N) is 1. The second-order valence-corrected chi connectivity index (χ2v) is 6.39. The monoisotopic (exact) mass is 341 g/mol. The van der Waals surface area contributed by atoms with E-state index in [0.717, 1.165) is 36.0 Å². The van der Waals surface area contributed by atoms with Gasteiger partial charge in [0, 0.05) is 36.9 Å². The van der Waals surface area contributed by atoms with E-state index < -0.39 is 6.10 Å².